The zero-order valence-electron chi connectivity index (χ0n) is 11.4. The van der Waals surface area contributed by atoms with Crippen LogP contribution in [0.1, 0.15) is 13.3 Å². The third-order valence-electron chi connectivity index (χ3n) is 2.63. The van der Waals surface area contributed by atoms with Crippen LogP contribution in [0.3, 0.4) is 0 Å². The quantitative estimate of drug-likeness (QED) is 0.816. The Bertz CT molecular complexity index is 722. The van der Waals surface area contributed by atoms with Crippen LogP contribution in [0.15, 0.2) is 46.2 Å². The predicted molar refractivity (Wildman–Crippen MR) is 85.8 cm³/mol. The maximum absolute atomic E-state index is 12.5. The first-order valence-electron chi connectivity index (χ1n) is 6.36. The molecule has 0 aromatic carbocycles. The van der Waals surface area contributed by atoms with Crippen molar-refractivity contribution >= 4 is 37.5 Å². The lowest BCUT2D eigenvalue weighted by atomic mass is 10.4. The molecule has 0 saturated carbocycles. The average Bonchev–Trinajstić information content (AvgIpc) is 2.47. The van der Waals surface area contributed by atoms with Crippen LogP contribution in [-0.4, -0.2) is 24.9 Å². The van der Waals surface area contributed by atoms with Gasteiger partial charge in [-0.3, -0.25) is 9.71 Å². The number of halogens is 1. The first-order chi connectivity index (χ1) is 10.0. The molecule has 8 heteroatoms. The van der Waals surface area contributed by atoms with Gasteiger partial charge >= 0.3 is 0 Å². The second-order valence-corrected chi connectivity index (χ2v) is 6.74. The molecule has 0 fully saturated rings. The molecule has 2 heterocycles. The molecule has 0 amide bonds. The molecule has 0 aliphatic heterocycles. The normalized spacial score (nSPS) is 11.1. The smallest absolute Gasteiger partial charge is 0.266 e. The fourth-order valence-corrected chi connectivity index (χ4v) is 3.28. The van der Waals surface area contributed by atoms with E-state index in [9.17, 15) is 8.42 Å². The van der Waals surface area contributed by atoms with Crippen molar-refractivity contribution in [1.82, 2.24) is 9.97 Å². The third kappa shape index (κ3) is 3.92. The maximum Gasteiger partial charge on any atom is 0.266 e. The molecule has 112 valence electrons. The van der Waals surface area contributed by atoms with Crippen molar-refractivity contribution in [3.8, 4) is 0 Å². The molecule has 6 nitrogen and oxygen atoms in total. The molecule has 2 aromatic heterocycles. The summed E-state index contributed by atoms with van der Waals surface area (Å²) in [5, 5.41) is 3.08. The average molecular weight is 371 g/mol. The molecule has 2 aromatic rings. The topological polar surface area (TPSA) is 84.0 Å². The van der Waals surface area contributed by atoms with Gasteiger partial charge in [-0.05, 0) is 40.5 Å². The minimum atomic E-state index is -3.76. The second-order valence-electron chi connectivity index (χ2n) is 4.24. The number of nitrogens with zero attached hydrogens (tertiary/aromatic N) is 2. The highest BCUT2D eigenvalue weighted by atomic mass is 79.9. The number of anilines is 2. The SMILES string of the molecule is CCCNc1ccncc1S(=O)(=O)Nc1ncccc1Br. The first kappa shape index (κ1) is 15.7. The predicted octanol–water partition coefficient (Wildman–Crippen LogP) is 2.86. The van der Waals surface area contributed by atoms with Gasteiger partial charge in [-0.2, -0.15) is 0 Å². The van der Waals surface area contributed by atoms with Crippen LogP contribution in [0.25, 0.3) is 0 Å². The lowest BCUT2D eigenvalue weighted by Gasteiger charge is -2.13. The summed E-state index contributed by atoms with van der Waals surface area (Å²) in [6.07, 6.45) is 5.27. The summed E-state index contributed by atoms with van der Waals surface area (Å²) in [4.78, 5) is 7.99. The van der Waals surface area contributed by atoms with Gasteiger partial charge in [0.05, 0.1) is 10.2 Å². The Morgan fingerprint density at radius 3 is 2.81 bits per heavy atom. The third-order valence-corrected chi connectivity index (χ3v) is 4.64. The van der Waals surface area contributed by atoms with Gasteiger partial charge in [0.1, 0.15) is 4.90 Å². The van der Waals surface area contributed by atoms with Gasteiger partial charge in [0.25, 0.3) is 10.0 Å². The molecule has 0 bridgehead atoms. The summed E-state index contributed by atoms with van der Waals surface area (Å²) >= 11 is 3.26. The molecular weight excluding hydrogens is 356 g/mol. The Hall–Kier alpha value is -1.67. The fraction of sp³-hybridized carbons (Fsp3) is 0.231. The second kappa shape index (κ2) is 6.86. The highest BCUT2D eigenvalue weighted by Crippen LogP contribution is 2.25. The summed E-state index contributed by atoms with van der Waals surface area (Å²) in [6.45, 7) is 2.69. The molecule has 0 atom stereocenters. The van der Waals surface area contributed by atoms with Gasteiger partial charge in [0, 0.05) is 25.1 Å². The zero-order chi connectivity index (χ0) is 15.3. The number of aromatic nitrogens is 2. The molecule has 21 heavy (non-hydrogen) atoms. The fourth-order valence-electron chi connectivity index (χ4n) is 1.64. The molecule has 2 N–H and O–H groups in total. The van der Waals surface area contributed by atoms with Crippen LogP contribution in [0.2, 0.25) is 0 Å². The molecule has 0 spiro atoms. The van der Waals surface area contributed by atoms with Crippen LogP contribution in [0, 0.1) is 0 Å². The zero-order valence-corrected chi connectivity index (χ0v) is 13.8. The van der Waals surface area contributed by atoms with Crippen molar-refractivity contribution in [2.45, 2.75) is 18.2 Å². The molecule has 0 radical (unpaired) electrons. The van der Waals surface area contributed by atoms with Crippen LogP contribution >= 0.6 is 15.9 Å². The van der Waals surface area contributed by atoms with Crippen LogP contribution in [0.5, 0.6) is 0 Å². The van der Waals surface area contributed by atoms with E-state index < -0.39 is 10.0 Å². The van der Waals surface area contributed by atoms with Gasteiger partial charge in [-0.1, -0.05) is 6.92 Å². The highest BCUT2D eigenvalue weighted by Gasteiger charge is 2.20. The molecule has 0 aliphatic carbocycles. The lowest BCUT2D eigenvalue weighted by molar-refractivity contribution is 0.601. The van der Waals surface area contributed by atoms with Gasteiger partial charge in [-0.15, -0.1) is 0 Å². The van der Waals surface area contributed by atoms with Gasteiger partial charge in [0.2, 0.25) is 0 Å². The molecule has 2 rings (SSSR count). The van der Waals surface area contributed by atoms with Crippen molar-refractivity contribution < 1.29 is 8.42 Å². The number of sulfonamides is 1. The van der Waals surface area contributed by atoms with Gasteiger partial charge < -0.3 is 5.32 Å². The largest absolute Gasteiger partial charge is 0.384 e. The van der Waals surface area contributed by atoms with Crippen LogP contribution in [0.4, 0.5) is 11.5 Å². The van der Waals surface area contributed by atoms with Crippen molar-refractivity contribution in [3.05, 3.63) is 41.3 Å². The van der Waals surface area contributed by atoms with Crippen molar-refractivity contribution in [3.63, 3.8) is 0 Å². The van der Waals surface area contributed by atoms with Crippen LogP contribution in [-0.2, 0) is 10.0 Å². The molecule has 0 saturated heterocycles. The summed E-state index contributed by atoms with van der Waals surface area (Å²) in [5.74, 6) is 0.239. The summed E-state index contributed by atoms with van der Waals surface area (Å²) in [7, 11) is -3.76. The Kier molecular flexibility index (Phi) is 5.13. The molecule has 0 aliphatic rings. The van der Waals surface area contributed by atoms with E-state index in [0.717, 1.165) is 6.42 Å². The Labute approximate surface area is 132 Å². The summed E-state index contributed by atoms with van der Waals surface area (Å²) in [6, 6.07) is 5.06. The molecular formula is C13H15BrN4O2S. The van der Waals surface area contributed by atoms with E-state index in [4.69, 9.17) is 0 Å². The van der Waals surface area contributed by atoms with E-state index in [1.165, 1.54) is 12.4 Å². The number of hydrogen-bond acceptors (Lipinski definition) is 5. The van der Waals surface area contributed by atoms with E-state index in [1.807, 2.05) is 6.92 Å². The van der Waals surface area contributed by atoms with Gasteiger partial charge in [-0.25, -0.2) is 13.4 Å². The highest BCUT2D eigenvalue weighted by molar-refractivity contribution is 9.10. The summed E-state index contributed by atoms with van der Waals surface area (Å²) < 4.78 is 28.0. The standard InChI is InChI=1S/C13H15BrN4O2S/c1-2-6-16-11-5-8-15-9-12(11)21(19,20)18-13-10(14)4-3-7-17-13/h3-5,7-9H,2,6H2,1H3,(H,15,16)(H,17,18). The monoisotopic (exact) mass is 370 g/mol. The first-order valence-corrected chi connectivity index (χ1v) is 8.63. The Morgan fingerprint density at radius 1 is 1.29 bits per heavy atom. The van der Waals surface area contributed by atoms with Crippen molar-refractivity contribution in [1.29, 1.82) is 0 Å². The van der Waals surface area contributed by atoms with E-state index in [-0.39, 0.29) is 10.7 Å². The van der Waals surface area contributed by atoms with Gasteiger partial charge in [0.15, 0.2) is 5.82 Å². The van der Waals surface area contributed by atoms with E-state index in [0.29, 0.717) is 16.7 Å². The Morgan fingerprint density at radius 2 is 2.10 bits per heavy atom. The van der Waals surface area contributed by atoms with Crippen molar-refractivity contribution in [2.75, 3.05) is 16.6 Å². The maximum atomic E-state index is 12.5. The minimum absolute atomic E-state index is 0.0935. The number of pyridine rings is 2. The number of rotatable bonds is 6. The minimum Gasteiger partial charge on any atom is -0.384 e. The number of nitrogens with one attached hydrogen (secondary N) is 2. The number of hydrogen-bond donors (Lipinski definition) is 2. The summed E-state index contributed by atoms with van der Waals surface area (Å²) in [5.41, 5.74) is 0.520. The molecule has 0 unspecified atom stereocenters. The van der Waals surface area contributed by atoms with E-state index in [2.05, 4.69) is 35.9 Å². The van der Waals surface area contributed by atoms with Crippen LogP contribution < -0.4 is 10.0 Å². The lowest BCUT2D eigenvalue weighted by Crippen LogP contribution is -2.17. The van der Waals surface area contributed by atoms with Crippen molar-refractivity contribution in [2.24, 2.45) is 0 Å². The Balaban J connectivity index is 2.34. The van der Waals surface area contributed by atoms with E-state index >= 15 is 0 Å². The van der Waals surface area contributed by atoms with E-state index in [1.54, 1.807) is 24.4 Å².